The predicted molar refractivity (Wildman–Crippen MR) is 62.6 cm³/mol. The largest absolute Gasteiger partial charge is 0.395 e. The van der Waals surface area contributed by atoms with Gasteiger partial charge in [0.2, 0.25) is 0 Å². The van der Waals surface area contributed by atoms with Crippen molar-refractivity contribution in [3.63, 3.8) is 0 Å². The summed E-state index contributed by atoms with van der Waals surface area (Å²) >= 11 is 0. The molecule has 1 atom stereocenters. The molecule has 0 saturated carbocycles. The van der Waals surface area contributed by atoms with Gasteiger partial charge in [0.1, 0.15) is 22.4 Å². The third-order valence-corrected chi connectivity index (χ3v) is 5.27. The molecule has 0 radical (unpaired) electrons. The summed E-state index contributed by atoms with van der Waals surface area (Å²) in [4.78, 5) is 0. The number of hydrogen-bond donors (Lipinski definition) is 1. The molecule has 0 spiro atoms. The van der Waals surface area contributed by atoms with Crippen LogP contribution in [-0.2, 0) is 9.84 Å². The molecule has 0 aromatic rings. The molecule has 1 saturated heterocycles. The molecule has 1 heterocycles. The van der Waals surface area contributed by atoms with Crippen LogP contribution >= 0.6 is 0 Å². The standard InChI is InChI=1S/C11H15F7O3S/c12-9(13,6-10(14,15)16)11(17,18)8(19)5-7-1-3-22(20,21)4-2-7/h7-8,19H,1-6H2. The van der Waals surface area contributed by atoms with Gasteiger partial charge < -0.3 is 5.11 Å². The van der Waals surface area contributed by atoms with E-state index in [9.17, 15) is 44.3 Å². The molecule has 0 aromatic carbocycles. The molecule has 0 aliphatic carbocycles. The normalized spacial score (nSPS) is 22.5. The van der Waals surface area contributed by atoms with Gasteiger partial charge in [0.25, 0.3) is 0 Å². The van der Waals surface area contributed by atoms with Crippen molar-refractivity contribution in [1.82, 2.24) is 0 Å². The van der Waals surface area contributed by atoms with E-state index >= 15 is 0 Å². The molecule has 0 amide bonds. The molecule has 1 unspecified atom stereocenters. The first-order valence-electron chi connectivity index (χ1n) is 6.37. The van der Waals surface area contributed by atoms with Gasteiger partial charge in [-0.2, -0.15) is 30.7 Å². The summed E-state index contributed by atoms with van der Waals surface area (Å²) in [5.74, 6) is -12.1. The molecule has 0 bridgehead atoms. The Labute approximate surface area is 122 Å². The van der Waals surface area contributed by atoms with Crippen molar-refractivity contribution < 1.29 is 44.3 Å². The average Bonchev–Trinajstić information content (AvgIpc) is 2.28. The minimum Gasteiger partial charge on any atom is -0.387 e. The van der Waals surface area contributed by atoms with Crippen molar-refractivity contribution in [2.75, 3.05) is 11.5 Å². The summed E-state index contributed by atoms with van der Waals surface area (Å²) in [6.07, 6.45) is -12.6. The maximum atomic E-state index is 13.4. The lowest BCUT2D eigenvalue weighted by atomic mass is 9.90. The molecule has 22 heavy (non-hydrogen) atoms. The fraction of sp³-hybridized carbons (Fsp3) is 1.00. The Balaban J connectivity index is 2.72. The van der Waals surface area contributed by atoms with Gasteiger partial charge in [-0.25, -0.2) is 8.42 Å². The molecule has 1 aliphatic heterocycles. The zero-order valence-electron chi connectivity index (χ0n) is 11.2. The lowest BCUT2D eigenvalue weighted by Gasteiger charge is -2.33. The molecule has 1 aliphatic rings. The average molecular weight is 360 g/mol. The van der Waals surface area contributed by atoms with Crippen molar-refractivity contribution in [1.29, 1.82) is 0 Å². The highest BCUT2D eigenvalue weighted by Crippen LogP contribution is 2.45. The van der Waals surface area contributed by atoms with Crippen molar-refractivity contribution in [3.8, 4) is 0 Å². The molecular weight excluding hydrogens is 345 g/mol. The Hall–Kier alpha value is -0.580. The SMILES string of the molecule is O=S1(=O)CCC(CC(O)C(F)(F)C(F)(F)CC(F)(F)F)CC1. The molecule has 132 valence electrons. The zero-order valence-corrected chi connectivity index (χ0v) is 12.0. The highest BCUT2D eigenvalue weighted by Gasteiger charge is 2.64. The maximum Gasteiger partial charge on any atom is 0.395 e. The Morgan fingerprint density at radius 1 is 1.00 bits per heavy atom. The summed E-state index contributed by atoms with van der Waals surface area (Å²) in [6, 6.07) is 0. The van der Waals surface area contributed by atoms with Gasteiger partial charge in [0.05, 0.1) is 11.5 Å². The monoisotopic (exact) mass is 360 g/mol. The first kappa shape index (κ1) is 19.5. The summed E-state index contributed by atoms with van der Waals surface area (Å²) in [5, 5.41) is 9.24. The van der Waals surface area contributed by atoms with Gasteiger partial charge in [-0.05, 0) is 25.2 Å². The molecule has 1 fully saturated rings. The van der Waals surface area contributed by atoms with Crippen LogP contribution in [0.2, 0.25) is 0 Å². The fourth-order valence-electron chi connectivity index (χ4n) is 2.25. The number of hydrogen-bond acceptors (Lipinski definition) is 3. The number of aliphatic hydroxyl groups is 1. The lowest BCUT2D eigenvalue weighted by Crippen LogP contribution is -2.52. The lowest BCUT2D eigenvalue weighted by molar-refractivity contribution is -0.292. The number of sulfone groups is 1. The van der Waals surface area contributed by atoms with Crippen LogP contribution < -0.4 is 0 Å². The molecule has 0 aromatic heterocycles. The van der Waals surface area contributed by atoms with E-state index in [0.29, 0.717) is 0 Å². The molecular formula is C11H15F7O3S. The minimum absolute atomic E-state index is 0.0969. The van der Waals surface area contributed by atoms with Crippen LogP contribution in [0.3, 0.4) is 0 Å². The van der Waals surface area contributed by atoms with Crippen LogP contribution in [0.1, 0.15) is 25.7 Å². The third kappa shape index (κ3) is 4.97. The Morgan fingerprint density at radius 3 is 1.86 bits per heavy atom. The van der Waals surface area contributed by atoms with Crippen LogP contribution in [0, 0.1) is 5.92 Å². The zero-order chi connectivity index (χ0) is 17.4. The number of alkyl halides is 7. The van der Waals surface area contributed by atoms with E-state index in [2.05, 4.69) is 0 Å². The molecule has 11 heteroatoms. The van der Waals surface area contributed by atoms with E-state index in [1.165, 1.54) is 0 Å². The molecule has 1 rings (SSSR count). The van der Waals surface area contributed by atoms with E-state index in [-0.39, 0.29) is 24.3 Å². The van der Waals surface area contributed by atoms with Crippen molar-refractivity contribution >= 4 is 9.84 Å². The molecule has 1 N–H and O–H groups in total. The Kier molecular flexibility index (Phi) is 5.43. The topological polar surface area (TPSA) is 54.4 Å². The Bertz CT molecular complexity index is 472. The van der Waals surface area contributed by atoms with Crippen LogP contribution in [0.15, 0.2) is 0 Å². The van der Waals surface area contributed by atoms with E-state index in [4.69, 9.17) is 0 Å². The maximum absolute atomic E-state index is 13.4. The highest BCUT2D eigenvalue weighted by molar-refractivity contribution is 7.91. The Morgan fingerprint density at radius 2 is 1.45 bits per heavy atom. The highest BCUT2D eigenvalue weighted by atomic mass is 32.2. The number of aliphatic hydroxyl groups excluding tert-OH is 1. The van der Waals surface area contributed by atoms with E-state index in [1.54, 1.807) is 0 Å². The third-order valence-electron chi connectivity index (χ3n) is 3.56. The van der Waals surface area contributed by atoms with Crippen LogP contribution in [-0.4, -0.2) is 49.2 Å². The first-order valence-corrected chi connectivity index (χ1v) is 8.19. The van der Waals surface area contributed by atoms with Gasteiger partial charge in [-0.15, -0.1) is 0 Å². The fourth-order valence-corrected chi connectivity index (χ4v) is 3.84. The number of rotatable bonds is 5. The van der Waals surface area contributed by atoms with E-state index in [1.807, 2.05) is 0 Å². The second-order valence-corrected chi connectivity index (χ2v) is 7.77. The predicted octanol–water partition coefficient (Wildman–Crippen LogP) is 2.79. The van der Waals surface area contributed by atoms with Crippen LogP contribution in [0.4, 0.5) is 30.7 Å². The summed E-state index contributed by atoms with van der Waals surface area (Å²) in [6.45, 7) is 0. The minimum atomic E-state index is -5.51. The van der Waals surface area contributed by atoms with Gasteiger partial charge >= 0.3 is 18.0 Å². The molecule has 3 nitrogen and oxygen atoms in total. The van der Waals surface area contributed by atoms with E-state index < -0.39 is 52.7 Å². The van der Waals surface area contributed by atoms with Crippen LogP contribution in [0.5, 0.6) is 0 Å². The van der Waals surface area contributed by atoms with Crippen LogP contribution in [0.25, 0.3) is 0 Å². The quantitative estimate of drug-likeness (QED) is 0.767. The second-order valence-electron chi connectivity index (χ2n) is 5.47. The summed E-state index contributed by atoms with van der Waals surface area (Å²) in [5.41, 5.74) is 0. The van der Waals surface area contributed by atoms with Gasteiger partial charge in [-0.3, -0.25) is 0 Å². The van der Waals surface area contributed by atoms with Crippen molar-refractivity contribution in [3.05, 3.63) is 0 Å². The van der Waals surface area contributed by atoms with Gasteiger partial charge in [-0.1, -0.05) is 0 Å². The summed E-state index contributed by atoms with van der Waals surface area (Å²) < 4.78 is 111. The smallest absolute Gasteiger partial charge is 0.387 e. The van der Waals surface area contributed by atoms with Crippen molar-refractivity contribution in [2.24, 2.45) is 5.92 Å². The summed E-state index contributed by atoms with van der Waals surface area (Å²) in [7, 11) is -3.31. The van der Waals surface area contributed by atoms with E-state index in [0.717, 1.165) is 0 Å². The van der Waals surface area contributed by atoms with Crippen molar-refractivity contribution in [2.45, 2.75) is 49.8 Å². The second kappa shape index (κ2) is 6.14. The number of halogens is 7. The first-order chi connectivity index (χ1) is 9.66. The van der Waals surface area contributed by atoms with Gasteiger partial charge in [0.15, 0.2) is 0 Å². The van der Waals surface area contributed by atoms with Gasteiger partial charge in [0, 0.05) is 0 Å².